The minimum Gasteiger partial charge on any atom is -0.494 e. The van der Waals surface area contributed by atoms with Gasteiger partial charge < -0.3 is 18.9 Å². The van der Waals surface area contributed by atoms with Crippen molar-refractivity contribution in [1.82, 2.24) is 4.98 Å². The molecular formula is C20H19FN2O5S. The summed E-state index contributed by atoms with van der Waals surface area (Å²) in [5.41, 5.74) is 1.43. The van der Waals surface area contributed by atoms with Crippen LogP contribution in [-0.4, -0.2) is 39.3 Å². The third kappa shape index (κ3) is 4.24. The molecule has 0 aliphatic rings. The summed E-state index contributed by atoms with van der Waals surface area (Å²) in [7, 11) is 5.83. The van der Waals surface area contributed by atoms with Crippen molar-refractivity contribution in [3.63, 3.8) is 0 Å². The number of nitrogens with one attached hydrogen (secondary N) is 1. The summed E-state index contributed by atoms with van der Waals surface area (Å²) < 4.78 is 34.6. The van der Waals surface area contributed by atoms with Crippen LogP contribution in [0.1, 0.15) is 10.4 Å². The monoisotopic (exact) mass is 418 g/mol. The van der Waals surface area contributed by atoms with E-state index in [4.69, 9.17) is 18.9 Å². The van der Waals surface area contributed by atoms with E-state index in [1.165, 1.54) is 51.9 Å². The van der Waals surface area contributed by atoms with E-state index in [1.54, 1.807) is 23.6 Å². The van der Waals surface area contributed by atoms with Gasteiger partial charge in [-0.25, -0.2) is 9.37 Å². The molecule has 2 aromatic carbocycles. The first-order valence-corrected chi connectivity index (χ1v) is 9.29. The van der Waals surface area contributed by atoms with Crippen LogP contribution >= 0.6 is 11.3 Å². The largest absolute Gasteiger partial charge is 0.494 e. The molecule has 0 radical (unpaired) electrons. The van der Waals surface area contributed by atoms with Gasteiger partial charge in [-0.3, -0.25) is 10.1 Å². The van der Waals surface area contributed by atoms with Gasteiger partial charge in [0.1, 0.15) is 0 Å². The van der Waals surface area contributed by atoms with Gasteiger partial charge in [0.15, 0.2) is 28.2 Å². The van der Waals surface area contributed by atoms with Gasteiger partial charge in [-0.1, -0.05) is 0 Å². The minimum atomic E-state index is -0.485. The van der Waals surface area contributed by atoms with Crippen molar-refractivity contribution >= 4 is 22.4 Å². The van der Waals surface area contributed by atoms with Gasteiger partial charge in [0.05, 0.1) is 34.1 Å². The molecule has 0 atom stereocenters. The van der Waals surface area contributed by atoms with Crippen LogP contribution in [0.2, 0.25) is 0 Å². The zero-order valence-electron chi connectivity index (χ0n) is 16.2. The third-order valence-electron chi connectivity index (χ3n) is 4.10. The Balaban J connectivity index is 1.83. The highest BCUT2D eigenvalue weighted by Crippen LogP contribution is 2.38. The molecule has 7 nitrogen and oxygen atoms in total. The number of benzene rings is 2. The van der Waals surface area contributed by atoms with Crippen LogP contribution in [0.15, 0.2) is 35.7 Å². The van der Waals surface area contributed by atoms with Crippen LogP contribution in [0.25, 0.3) is 11.3 Å². The smallest absolute Gasteiger partial charge is 0.257 e. The second-order valence-corrected chi connectivity index (χ2v) is 6.61. The van der Waals surface area contributed by atoms with Crippen molar-refractivity contribution in [2.45, 2.75) is 0 Å². The molecule has 0 aliphatic carbocycles. The molecule has 0 saturated heterocycles. The van der Waals surface area contributed by atoms with E-state index in [9.17, 15) is 9.18 Å². The number of thiazole rings is 1. The molecule has 0 unspecified atom stereocenters. The molecule has 0 saturated carbocycles. The minimum absolute atomic E-state index is 0.153. The van der Waals surface area contributed by atoms with Crippen molar-refractivity contribution in [2.75, 3.05) is 33.8 Å². The number of hydrogen-bond donors (Lipinski definition) is 1. The fourth-order valence-electron chi connectivity index (χ4n) is 2.67. The summed E-state index contributed by atoms with van der Waals surface area (Å²) in [5.74, 6) is 0.396. The molecule has 1 heterocycles. The van der Waals surface area contributed by atoms with E-state index >= 15 is 0 Å². The number of halogens is 1. The molecule has 9 heteroatoms. The number of nitrogens with zero attached hydrogens (tertiary/aromatic N) is 1. The number of rotatable bonds is 7. The number of amides is 1. The average molecular weight is 418 g/mol. The standard InChI is InChI=1S/C20H19FN2O5S/c1-25-15-6-5-11(7-13(15)21)14-10-29-20(22-14)23-19(24)12-8-16(26-2)18(28-4)17(9-12)27-3/h5-10H,1-4H3,(H,22,23,24). The van der Waals surface area contributed by atoms with Crippen LogP contribution in [0.3, 0.4) is 0 Å². The topological polar surface area (TPSA) is 78.9 Å². The third-order valence-corrected chi connectivity index (χ3v) is 4.86. The molecule has 0 bridgehead atoms. The summed E-state index contributed by atoms with van der Waals surface area (Å²) in [4.78, 5) is 17.0. The lowest BCUT2D eigenvalue weighted by Gasteiger charge is -2.13. The fourth-order valence-corrected chi connectivity index (χ4v) is 3.39. The molecule has 152 valence electrons. The van der Waals surface area contributed by atoms with Crippen molar-refractivity contribution in [1.29, 1.82) is 0 Å². The van der Waals surface area contributed by atoms with Gasteiger partial charge in [-0.15, -0.1) is 11.3 Å². The number of methoxy groups -OCH3 is 4. The Labute approximate surface area is 171 Å². The molecule has 29 heavy (non-hydrogen) atoms. The highest BCUT2D eigenvalue weighted by atomic mass is 32.1. The van der Waals surface area contributed by atoms with Gasteiger partial charge in [0.25, 0.3) is 5.91 Å². The predicted molar refractivity (Wildman–Crippen MR) is 108 cm³/mol. The molecule has 0 fully saturated rings. The maximum absolute atomic E-state index is 13.9. The Hall–Kier alpha value is -3.33. The summed E-state index contributed by atoms with van der Waals surface area (Å²) in [5, 5.41) is 4.82. The molecule has 1 amide bonds. The van der Waals surface area contributed by atoms with Crippen LogP contribution in [0.5, 0.6) is 23.0 Å². The van der Waals surface area contributed by atoms with Gasteiger partial charge in [-0.2, -0.15) is 0 Å². The highest BCUT2D eigenvalue weighted by molar-refractivity contribution is 7.14. The lowest BCUT2D eigenvalue weighted by Crippen LogP contribution is -2.12. The number of carbonyl (C=O) groups is 1. The number of anilines is 1. The number of carbonyl (C=O) groups excluding carboxylic acids is 1. The lowest BCUT2D eigenvalue weighted by atomic mass is 10.1. The normalized spacial score (nSPS) is 10.4. The maximum atomic E-state index is 13.9. The van der Waals surface area contributed by atoms with Gasteiger partial charge in [0.2, 0.25) is 5.75 Å². The summed E-state index contributed by atoms with van der Waals surface area (Å²) >= 11 is 1.23. The molecular weight excluding hydrogens is 399 g/mol. The Kier molecular flexibility index (Phi) is 6.18. The predicted octanol–water partition coefficient (Wildman–Crippen LogP) is 4.24. The lowest BCUT2D eigenvalue weighted by molar-refractivity contribution is 0.102. The molecule has 3 rings (SSSR count). The summed E-state index contributed by atoms with van der Waals surface area (Å²) in [6.07, 6.45) is 0. The summed E-state index contributed by atoms with van der Waals surface area (Å²) in [6, 6.07) is 7.65. The molecule has 1 aromatic heterocycles. The molecule has 0 spiro atoms. The van der Waals surface area contributed by atoms with Gasteiger partial charge >= 0.3 is 0 Å². The van der Waals surface area contributed by atoms with Crippen LogP contribution in [0, 0.1) is 5.82 Å². The van der Waals surface area contributed by atoms with E-state index in [1.807, 2.05) is 0 Å². The van der Waals surface area contributed by atoms with Crippen molar-refractivity contribution in [2.24, 2.45) is 0 Å². The Morgan fingerprint density at radius 1 is 0.966 bits per heavy atom. The summed E-state index contributed by atoms with van der Waals surface area (Å²) in [6.45, 7) is 0. The highest BCUT2D eigenvalue weighted by Gasteiger charge is 2.18. The fraction of sp³-hybridized carbons (Fsp3) is 0.200. The van der Waals surface area contributed by atoms with Crippen LogP contribution in [0.4, 0.5) is 9.52 Å². The Morgan fingerprint density at radius 2 is 1.62 bits per heavy atom. The van der Waals surface area contributed by atoms with Crippen LogP contribution < -0.4 is 24.3 Å². The zero-order chi connectivity index (χ0) is 21.0. The first-order valence-electron chi connectivity index (χ1n) is 8.41. The first-order chi connectivity index (χ1) is 14.0. The van der Waals surface area contributed by atoms with Crippen molar-refractivity contribution in [3.05, 3.63) is 47.1 Å². The van der Waals surface area contributed by atoms with Gasteiger partial charge in [0, 0.05) is 16.5 Å². The quantitative estimate of drug-likeness (QED) is 0.618. The van der Waals surface area contributed by atoms with E-state index in [0.29, 0.717) is 39.2 Å². The molecule has 0 aliphatic heterocycles. The molecule has 1 N–H and O–H groups in total. The van der Waals surface area contributed by atoms with E-state index < -0.39 is 11.7 Å². The molecule has 3 aromatic rings. The first kappa shape index (κ1) is 20.4. The second kappa shape index (κ2) is 8.78. The second-order valence-electron chi connectivity index (χ2n) is 5.76. The van der Waals surface area contributed by atoms with E-state index in [2.05, 4.69) is 10.3 Å². The van der Waals surface area contributed by atoms with E-state index in [0.717, 1.165) is 0 Å². The van der Waals surface area contributed by atoms with Crippen LogP contribution in [-0.2, 0) is 0 Å². The Morgan fingerprint density at radius 3 is 2.17 bits per heavy atom. The van der Waals surface area contributed by atoms with Crippen molar-refractivity contribution < 1.29 is 28.1 Å². The average Bonchev–Trinajstić information content (AvgIpc) is 3.20. The van der Waals surface area contributed by atoms with Gasteiger partial charge in [-0.05, 0) is 30.3 Å². The maximum Gasteiger partial charge on any atom is 0.257 e. The SMILES string of the molecule is COc1ccc(-c2csc(NC(=O)c3cc(OC)c(OC)c(OC)c3)n2)cc1F. The zero-order valence-corrected chi connectivity index (χ0v) is 17.1. The van der Waals surface area contributed by atoms with E-state index in [-0.39, 0.29) is 5.75 Å². The Bertz CT molecular complexity index is 1010. The number of hydrogen-bond acceptors (Lipinski definition) is 7. The number of ether oxygens (including phenoxy) is 4. The number of aromatic nitrogens is 1. The van der Waals surface area contributed by atoms with Crippen molar-refractivity contribution in [3.8, 4) is 34.3 Å².